The van der Waals surface area contributed by atoms with E-state index in [-0.39, 0.29) is 24.5 Å². The van der Waals surface area contributed by atoms with Gasteiger partial charge in [0.2, 0.25) is 5.91 Å². The van der Waals surface area contributed by atoms with Crippen molar-refractivity contribution in [3.63, 3.8) is 0 Å². The Morgan fingerprint density at radius 2 is 1.88 bits per heavy atom. The van der Waals surface area contributed by atoms with Crippen LogP contribution < -0.4 is 5.32 Å². The van der Waals surface area contributed by atoms with E-state index < -0.39 is 0 Å². The largest absolute Gasteiger partial charge is 0.441 e. The third-order valence-electron chi connectivity index (χ3n) is 3.52. The molecule has 0 saturated carbocycles. The van der Waals surface area contributed by atoms with Crippen molar-refractivity contribution in [2.75, 3.05) is 5.32 Å². The summed E-state index contributed by atoms with van der Waals surface area (Å²) in [5.74, 6) is 0.314. The summed E-state index contributed by atoms with van der Waals surface area (Å²) in [6.07, 6.45) is 0.295. The van der Waals surface area contributed by atoms with Gasteiger partial charge in [-0.3, -0.25) is 9.59 Å². The molecule has 6 heteroatoms. The second kappa shape index (κ2) is 6.97. The number of carbonyl (C=O) groups excluding carboxylic acids is 2. The van der Waals surface area contributed by atoms with Gasteiger partial charge in [-0.15, -0.1) is 0 Å². The number of halogens is 1. The molecule has 1 amide bonds. The highest BCUT2D eigenvalue weighted by Crippen LogP contribution is 2.20. The number of fused-ring (bicyclic) bond motifs is 1. The van der Waals surface area contributed by atoms with Gasteiger partial charge in [0.05, 0.1) is 0 Å². The standard InChI is InChI=1S/C18H15BrN2O3/c1-11-20-15-10-14(6-8-17(15)24-11)21-18(23)9-7-16(22)12-2-4-13(19)5-3-12/h2-6,8,10H,7,9H2,1H3,(H,21,23). The van der Waals surface area contributed by atoms with Crippen molar-refractivity contribution in [3.8, 4) is 0 Å². The fourth-order valence-electron chi connectivity index (χ4n) is 2.35. The lowest BCUT2D eigenvalue weighted by molar-refractivity contribution is -0.116. The minimum absolute atomic E-state index is 0.0553. The van der Waals surface area contributed by atoms with Crippen LogP contribution in [0.3, 0.4) is 0 Å². The molecule has 24 heavy (non-hydrogen) atoms. The predicted molar refractivity (Wildman–Crippen MR) is 95.1 cm³/mol. The van der Waals surface area contributed by atoms with Crippen molar-refractivity contribution in [2.45, 2.75) is 19.8 Å². The highest BCUT2D eigenvalue weighted by atomic mass is 79.9. The molecule has 1 aromatic heterocycles. The number of hydrogen-bond acceptors (Lipinski definition) is 4. The van der Waals surface area contributed by atoms with Gasteiger partial charge in [0.1, 0.15) is 5.52 Å². The van der Waals surface area contributed by atoms with Gasteiger partial charge in [-0.25, -0.2) is 4.98 Å². The first-order valence-corrected chi connectivity index (χ1v) is 8.26. The van der Waals surface area contributed by atoms with E-state index in [0.29, 0.717) is 28.2 Å². The highest BCUT2D eigenvalue weighted by molar-refractivity contribution is 9.10. The van der Waals surface area contributed by atoms with Gasteiger partial charge in [0.25, 0.3) is 0 Å². The Bertz CT molecular complexity index is 900. The molecule has 5 nitrogen and oxygen atoms in total. The quantitative estimate of drug-likeness (QED) is 0.655. The van der Waals surface area contributed by atoms with Gasteiger partial charge in [0.15, 0.2) is 17.3 Å². The summed E-state index contributed by atoms with van der Waals surface area (Å²) >= 11 is 3.33. The SMILES string of the molecule is Cc1nc2cc(NC(=O)CCC(=O)c3ccc(Br)cc3)ccc2o1. The van der Waals surface area contributed by atoms with Crippen molar-refractivity contribution in [3.05, 3.63) is 58.4 Å². The molecule has 3 aromatic rings. The van der Waals surface area contributed by atoms with Crippen LogP contribution in [0, 0.1) is 6.92 Å². The van der Waals surface area contributed by atoms with E-state index in [1.807, 2.05) is 12.1 Å². The molecule has 0 radical (unpaired) electrons. The van der Waals surface area contributed by atoms with Crippen molar-refractivity contribution in [1.82, 2.24) is 4.98 Å². The Balaban J connectivity index is 1.58. The number of carbonyl (C=O) groups is 2. The summed E-state index contributed by atoms with van der Waals surface area (Å²) in [5, 5.41) is 2.78. The molecule has 1 heterocycles. The average molecular weight is 387 g/mol. The highest BCUT2D eigenvalue weighted by Gasteiger charge is 2.10. The van der Waals surface area contributed by atoms with Crippen LogP contribution in [0.15, 0.2) is 51.4 Å². The molecule has 0 bridgehead atoms. The van der Waals surface area contributed by atoms with Gasteiger partial charge >= 0.3 is 0 Å². The number of rotatable bonds is 5. The molecule has 0 aliphatic carbocycles. The second-order valence-electron chi connectivity index (χ2n) is 5.39. The Kier molecular flexibility index (Phi) is 4.76. The van der Waals surface area contributed by atoms with Crippen LogP contribution in [0.25, 0.3) is 11.1 Å². The third kappa shape index (κ3) is 3.89. The summed E-state index contributed by atoms with van der Waals surface area (Å²) in [6.45, 7) is 1.77. The van der Waals surface area contributed by atoms with Crippen LogP contribution in [0.1, 0.15) is 29.1 Å². The third-order valence-corrected chi connectivity index (χ3v) is 4.05. The fraction of sp³-hybridized carbons (Fsp3) is 0.167. The van der Waals surface area contributed by atoms with Crippen LogP contribution in [0.5, 0.6) is 0 Å². The molecular formula is C18H15BrN2O3. The number of Topliss-reactive ketones (excluding diaryl/α,β-unsaturated/α-hetero) is 1. The van der Waals surface area contributed by atoms with Crippen molar-refractivity contribution < 1.29 is 14.0 Å². The van der Waals surface area contributed by atoms with Gasteiger partial charge in [-0.2, -0.15) is 0 Å². The number of benzene rings is 2. The molecule has 3 rings (SSSR count). The molecule has 1 N–H and O–H groups in total. The van der Waals surface area contributed by atoms with E-state index in [4.69, 9.17) is 4.42 Å². The number of nitrogens with one attached hydrogen (secondary N) is 1. The van der Waals surface area contributed by atoms with Crippen LogP contribution in [-0.2, 0) is 4.79 Å². The zero-order chi connectivity index (χ0) is 17.1. The molecule has 0 spiro atoms. The molecular weight excluding hydrogens is 372 g/mol. The summed E-state index contributed by atoms with van der Waals surface area (Å²) < 4.78 is 6.30. The number of nitrogens with zero attached hydrogens (tertiary/aromatic N) is 1. The Hall–Kier alpha value is -2.47. The van der Waals surface area contributed by atoms with E-state index in [9.17, 15) is 9.59 Å². The molecule has 122 valence electrons. The van der Waals surface area contributed by atoms with Crippen molar-refractivity contribution >= 4 is 44.4 Å². The van der Waals surface area contributed by atoms with Crippen LogP contribution in [0.2, 0.25) is 0 Å². The summed E-state index contributed by atoms with van der Waals surface area (Å²) in [5.41, 5.74) is 2.61. The van der Waals surface area contributed by atoms with E-state index in [0.717, 1.165) is 4.47 Å². The zero-order valence-corrected chi connectivity index (χ0v) is 14.6. The van der Waals surface area contributed by atoms with E-state index >= 15 is 0 Å². The Labute approximate surface area is 147 Å². The minimum Gasteiger partial charge on any atom is -0.441 e. The number of amides is 1. The van der Waals surface area contributed by atoms with Crippen molar-refractivity contribution in [1.29, 1.82) is 0 Å². The molecule has 0 saturated heterocycles. The van der Waals surface area contributed by atoms with Gasteiger partial charge in [0, 0.05) is 35.5 Å². The summed E-state index contributed by atoms with van der Waals surface area (Å²) in [6, 6.07) is 12.4. The smallest absolute Gasteiger partial charge is 0.224 e. The van der Waals surface area contributed by atoms with Gasteiger partial charge < -0.3 is 9.73 Å². The van der Waals surface area contributed by atoms with Gasteiger partial charge in [-0.05, 0) is 30.3 Å². The van der Waals surface area contributed by atoms with Gasteiger partial charge in [-0.1, -0.05) is 28.1 Å². The van der Waals surface area contributed by atoms with Crippen molar-refractivity contribution in [2.24, 2.45) is 0 Å². The molecule has 0 unspecified atom stereocenters. The zero-order valence-electron chi connectivity index (χ0n) is 13.0. The number of ketones is 1. The van der Waals surface area contributed by atoms with Crippen LogP contribution in [0.4, 0.5) is 5.69 Å². The lowest BCUT2D eigenvalue weighted by Gasteiger charge is -2.05. The minimum atomic E-state index is -0.208. The summed E-state index contributed by atoms with van der Waals surface area (Å²) in [4.78, 5) is 28.3. The predicted octanol–water partition coefficient (Wildman–Crippen LogP) is 4.50. The Morgan fingerprint density at radius 1 is 1.12 bits per heavy atom. The fourth-order valence-corrected chi connectivity index (χ4v) is 2.62. The maximum absolute atomic E-state index is 12.1. The number of aromatic nitrogens is 1. The second-order valence-corrected chi connectivity index (χ2v) is 6.31. The molecule has 0 fully saturated rings. The molecule has 0 aliphatic heterocycles. The lowest BCUT2D eigenvalue weighted by Crippen LogP contribution is -2.13. The maximum Gasteiger partial charge on any atom is 0.224 e. The Morgan fingerprint density at radius 3 is 2.62 bits per heavy atom. The maximum atomic E-state index is 12.1. The van der Waals surface area contributed by atoms with E-state index in [1.165, 1.54) is 0 Å². The lowest BCUT2D eigenvalue weighted by atomic mass is 10.1. The topological polar surface area (TPSA) is 72.2 Å². The van der Waals surface area contributed by atoms with E-state index in [1.54, 1.807) is 37.3 Å². The number of aryl methyl sites for hydroxylation is 1. The average Bonchev–Trinajstić information content (AvgIpc) is 2.92. The van der Waals surface area contributed by atoms with Crippen LogP contribution in [-0.4, -0.2) is 16.7 Å². The van der Waals surface area contributed by atoms with Crippen LogP contribution >= 0.6 is 15.9 Å². The first-order chi connectivity index (χ1) is 11.5. The number of oxazole rings is 1. The molecule has 0 atom stereocenters. The van der Waals surface area contributed by atoms with E-state index in [2.05, 4.69) is 26.2 Å². The monoisotopic (exact) mass is 386 g/mol. The first kappa shape index (κ1) is 16.4. The molecule has 2 aromatic carbocycles. The number of anilines is 1. The number of hydrogen-bond donors (Lipinski definition) is 1. The summed E-state index contributed by atoms with van der Waals surface area (Å²) in [7, 11) is 0. The first-order valence-electron chi connectivity index (χ1n) is 7.47. The molecule has 0 aliphatic rings. The normalized spacial score (nSPS) is 10.8.